The van der Waals surface area contributed by atoms with E-state index in [2.05, 4.69) is 48.1 Å². The van der Waals surface area contributed by atoms with E-state index in [1.165, 1.54) is 12.1 Å². The standard InChI is InChI=1S/C32H42F3N5O/c1-20(2)13-29-31(32-26(34)14-21(15-27(32)35)37-22-17-39(18-22)11-6-10-33)23-8-9-28-24(25(23)19-38(29)3)16-36-40(28)30-7-4-5-12-41-30/h8-9,14-16,20,22,29-31,37H,4-7,10-13,17-19H2,1-3H3/t29-,30?,31+/m0/s1. The summed E-state index contributed by atoms with van der Waals surface area (Å²) in [5.74, 6) is -1.12. The minimum absolute atomic E-state index is 0.0461. The SMILES string of the molecule is CC(C)C[C@H]1[C@H](c2c(F)cc(NC3CN(CCCF)C3)cc2F)c2ccc3c(cnn3C3CCCCO3)c2CN1C. The van der Waals surface area contributed by atoms with Crippen molar-refractivity contribution in [1.82, 2.24) is 19.6 Å². The first-order valence-electron chi connectivity index (χ1n) is 15.2. The molecule has 1 aromatic heterocycles. The van der Waals surface area contributed by atoms with Crippen molar-refractivity contribution in [2.24, 2.45) is 5.92 Å². The van der Waals surface area contributed by atoms with Crippen molar-refractivity contribution in [3.8, 4) is 0 Å². The smallest absolute Gasteiger partial charge is 0.150 e. The molecular weight excluding hydrogens is 527 g/mol. The molecule has 0 aliphatic carbocycles. The van der Waals surface area contributed by atoms with Gasteiger partial charge in [0.1, 0.15) is 11.6 Å². The van der Waals surface area contributed by atoms with Crippen LogP contribution in [-0.4, -0.2) is 71.6 Å². The molecule has 3 aliphatic rings. The zero-order chi connectivity index (χ0) is 28.7. The van der Waals surface area contributed by atoms with E-state index in [1.807, 2.05) is 10.9 Å². The number of nitrogens with zero attached hydrogens (tertiary/aromatic N) is 4. The van der Waals surface area contributed by atoms with Crippen LogP contribution in [-0.2, 0) is 11.3 Å². The molecule has 6 rings (SSSR count). The fourth-order valence-electron chi connectivity index (χ4n) is 7.11. The summed E-state index contributed by atoms with van der Waals surface area (Å²) in [7, 11) is 2.06. The van der Waals surface area contributed by atoms with Gasteiger partial charge in [0.25, 0.3) is 0 Å². The number of ether oxygens (including phenoxy) is 1. The van der Waals surface area contributed by atoms with Gasteiger partial charge in [-0.25, -0.2) is 13.5 Å². The molecule has 4 heterocycles. The van der Waals surface area contributed by atoms with Gasteiger partial charge in [-0.1, -0.05) is 19.9 Å². The summed E-state index contributed by atoms with van der Waals surface area (Å²) < 4.78 is 52.5. The lowest BCUT2D eigenvalue weighted by atomic mass is 9.75. The van der Waals surface area contributed by atoms with Crippen molar-refractivity contribution in [3.63, 3.8) is 0 Å². The third-order valence-corrected chi connectivity index (χ3v) is 9.09. The molecule has 41 heavy (non-hydrogen) atoms. The molecule has 2 fully saturated rings. The van der Waals surface area contributed by atoms with Gasteiger partial charge in [0.2, 0.25) is 0 Å². The van der Waals surface area contributed by atoms with Crippen LogP contribution < -0.4 is 5.32 Å². The van der Waals surface area contributed by atoms with E-state index in [0.717, 1.165) is 67.4 Å². The number of hydrogen-bond donors (Lipinski definition) is 1. The Bertz CT molecular complexity index is 1340. The van der Waals surface area contributed by atoms with Crippen LogP contribution in [0.2, 0.25) is 0 Å². The van der Waals surface area contributed by atoms with Gasteiger partial charge in [-0.3, -0.25) is 14.2 Å². The minimum atomic E-state index is -0.521. The molecule has 9 heteroatoms. The average molecular weight is 570 g/mol. The van der Waals surface area contributed by atoms with E-state index in [0.29, 0.717) is 31.1 Å². The summed E-state index contributed by atoms with van der Waals surface area (Å²) in [6.07, 6.45) is 6.27. The highest BCUT2D eigenvalue weighted by molar-refractivity contribution is 5.84. The van der Waals surface area contributed by atoms with Gasteiger partial charge in [-0.15, -0.1) is 0 Å². The fourth-order valence-corrected chi connectivity index (χ4v) is 7.11. The van der Waals surface area contributed by atoms with E-state index >= 15 is 8.78 Å². The summed E-state index contributed by atoms with van der Waals surface area (Å²) in [6, 6.07) is 7.07. The predicted octanol–water partition coefficient (Wildman–Crippen LogP) is 6.46. The maximum absolute atomic E-state index is 16.0. The molecule has 0 bridgehead atoms. The number of benzene rings is 2. The molecule has 2 saturated heterocycles. The zero-order valence-corrected chi connectivity index (χ0v) is 24.4. The Morgan fingerprint density at radius 1 is 1.12 bits per heavy atom. The van der Waals surface area contributed by atoms with Gasteiger partial charge in [0, 0.05) is 61.4 Å². The van der Waals surface area contributed by atoms with Crippen LogP contribution in [0.3, 0.4) is 0 Å². The van der Waals surface area contributed by atoms with Gasteiger partial charge in [0.05, 0.1) is 24.4 Å². The lowest BCUT2D eigenvalue weighted by molar-refractivity contribution is -0.0366. The average Bonchev–Trinajstić information content (AvgIpc) is 3.36. The Morgan fingerprint density at radius 3 is 2.59 bits per heavy atom. The second kappa shape index (κ2) is 11.9. The quantitative estimate of drug-likeness (QED) is 0.321. The van der Waals surface area contributed by atoms with Crippen LogP contribution in [0.15, 0.2) is 30.5 Å². The summed E-state index contributed by atoms with van der Waals surface area (Å²) in [5.41, 5.74) is 3.65. The Balaban J connectivity index is 1.34. The number of hydrogen-bond acceptors (Lipinski definition) is 5. The van der Waals surface area contributed by atoms with E-state index in [4.69, 9.17) is 9.84 Å². The molecule has 0 amide bonds. The number of alkyl halides is 1. The van der Waals surface area contributed by atoms with Crippen molar-refractivity contribution < 1.29 is 17.9 Å². The molecule has 3 aromatic rings. The van der Waals surface area contributed by atoms with Crippen LogP contribution in [0, 0.1) is 17.6 Å². The first-order chi connectivity index (χ1) is 19.8. The molecule has 6 nitrogen and oxygen atoms in total. The third kappa shape index (κ3) is 5.60. The van der Waals surface area contributed by atoms with E-state index in [1.54, 1.807) is 0 Å². The van der Waals surface area contributed by atoms with Crippen LogP contribution in [0.25, 0.3) is 10.9 Å². The van der Waals surface area contributed by atoms with Crippen molar-refractivity contribution >= 4 is 16.6 Å². The maximum atomic E-state index is 16.0. The maximum Gasteiger partial charge on any atom is 0.150 e. The van der Waals surface area contributed by atoms with Crippen LogP contribution >= 0.6 is 0 Å². The predicted molar refractivity (Wildman–Crippen MR) is 156 cm³/mol. The normalized spacial score (nSPS) is 24.1. The molecule has 3 atom stereocenters. The monoisotopic (exact) mass is 569 g/mol. The molecule has 3 aliphatic heterocycles. The number of likely N-dealkylation sites (tertiary alicyclic amines) is 1. The zero-order valence-electron chi connectivity index (χ0n) is 24.4. The minimum Gasteiger partial charge on any atom is -0.380 e. The van der Waals surface area contributed by atoms with E-state index < -0.39 is 17.6 Å². The Morgan fingerprint density at radius 2 is 1.90 bits per heavy atom. The molecular formula is C32H42F3N5O. The Labute approximate surface area is 240 Å². The molecule has 0 spiro atoms. The number of rotatable bonds is 9. The van der Waals surface area contributed by atoms with Gasteiger partial charge in [0.15, 0.2) is 6.23 Å². The number of halogens is 3. The summed E-state index contributed by atoms with van der Waals surface area (Å²) in [6.45, 7) is 7.63. The largest absolute Gasteiger partial charge is 0.380 e. The topological polar surface area (TPSA) is 45.6 Å². The first kappa shape index (κ1) is 28.5. The second-order valence-electron chi connectivity index (χ2n) is 12.6. The highest BCUT2D eigenvalue weighted by atomic mass is 19.1. The number of nitrogens with one attached hydrogen (secondary N) is 1. The van der Waals surface area contributed by atoms with Gasteiger partial charge in [-0.05, 0) is 74.4 Å². The number of likely N-dealkylation sites (N-methyl/N-ethyl adjacent to an activating group) is 1. The summed E-state index contributed by atoms with van der Waals surface area (Å²) >= 11 is 0. The van der Waals surface area contributed by atoms with Crippen LogP contribution in [0.4, 0.5) is 18.9 Å². The van der Waals surface area contributed by atoms with Crippen LogP contribution in [0.5, 0.6) is 0 Å². The van der Waals surface area contributed by atoms with Crippen LogP contribution in [0.1, 0.15) is 74.8 Å². The highest BCUT2D eigenvalue weighted by Gasteiger charge is 2.39. The molecule has 0 saturated carbocycles. The lowest BCUT2D eigenvalue weighted by Crippen LogP contribution is -2.54. The Hall–Kier alpha value is -2.62. The first-order valence-corrected chi connectivity index (χ1v) is 15.2. The number of aromatic nitrogens is 2. The van der Waals surface area contributed by atoms with Gasteiger partial charge < -0.3 is 10.1 Å². The summed E-state index contributed by atoms with van der Waals surface area (Å²) in [5, 5.41) is 9.02. The number of anilines is 1. The van der Waals surface area contributed by atoms with E-state index in [9.17, 15) is 4.39 Å². The highest BCUT2D eigenvalue weighted by Crippen LogP contribution is 2.45. The van der Waals surface area contributed by atoms with Gasteiger partial charge >= 0.3 is 0 Å². The molecule has 1 N–H and O–H groups in total. The lowest BCUT2D eigenvalue weighted by Gasteiger charge is -2.42. The molecule has 0 radical (unpaired) electrons. The molecule has 222 valence electrons. The second-order valence-corrected chi connectivity index (χ2v) is 12.6. The van der Waals surface area contributed by atoms with Crippen molar-refractivity contribution in [2.75, 3.05) is 45.3 Å². The van der Waals surface area contributed by atoms with Crippen molar-refractivity contribution in [1.29, 1.82) is 0 Å². The fraction of sp³-hybridized carbons (Fsp3) is 0.594. The molecule has 2 aromatic carbocycles. The van der Waals surface area contributed by atoms with Crippen molar-refractivity contribution in [2.45, 2.75) is 76.7 Å². The van der Waals surface area contributed by atoms with Crippen molar-refractivity contribution in [3.05, 3.63) is 58.8 Å². The number of fused-ring (bicyclic) bond motifs is 3. The Kier molecular flexibility index (Phi) is 8.30. The third-order valence-electron chi connectivity index (χ3n) is 9.09. The van der Waals surface area contributed by atoms with Gasteiger partial charge in [-0.2, -0.15) is 5.10 Å². The molecule has 1 unspecified atom stereocenters. The van der Waals surface area contributed by atoms with E-state index in [-0.39, 0.29) is 30.5 Å². The summed E-state index contributed by atoms with van der Waals surface area (Å²) in [4.78, 5) is 4.40.